The van der Waals surface area contributed by atoms with Crippen LogP contribution in [0.25, 0.3) is 0 Å². The van der Waals surface area contributed by atoms with Gasteiger partial charge in [-0.15, -0.1) is 0 Å². The Hall–Kier alpha value is -1.61. The number of halogens is 1. The minimum Gasteiger partial charge on any atom is -0.497 e. The van der Waals surface area contributed by atoms with Gasteiger partial charge in [-0.05, 0) is 60.9 Å². The summed E-state index contributed by atoms with van der Waals surface area (Å²) in [6.07, 6.45) is 8.31. The summed E-state index contributed by atoms with van der Waals surface area (Å²) in [5.74, 6) is 1.77. The molecule has 3 rings (SSSR count). The minimum absolute atomic E-state index is 0.0952. The molecule has 0 amide bonds. The van der Waals surface area contributed by atoms with Gasteiger partial charge in [-0.1, -0.05) is 18.2 Å². The molecule has 21 heavy (non-hydrogen) atoms. The molecule has 0 radical (unpaired) electrons. The topological polar surface area (TPSA) is 21.3 Å². The van der Waals surface area contributed by atoms with E-state index in [1.54, 1.807) is 19.3 Å². The third-order valence-electron chi connectivity index (χ3n) is 4.61. The average molecular weight is 287 g/mol. The minimum atomic E-state index is -0.0952. The maximum atomic E-state index is 13.3. The summed E-state index contributed by atoms with van der Waals surface area (Å²) in [5, 5.41) is 3.62. The Labute approximate surface area is 125 Å². The van der Waals surface area contributed by atoms with Crippen molar-refractivity contribution in [1.82, 2.24) is 5.32 Å². The van der Waals surface area contributed by atoms with Gasteiger partial charge in [0, 0.05) is 12.6 Å². The van der Waals surface area contributed by atoms with Crippen LogP contribution in [0, 0.1) is 5.92 Å². The molecule has 1 aromatic carbocycles. The van der Waals surface area contributed by atoms with Crippen molar-refractivity contribution in [1.29, 1.82) is 0 Å². The molecule has 1 aliphatic heterocycles. The molecule has 1 N–H and O–H groups in total. The van der Waals surface area contributed by atoms with Crippen LogP contribution < -0.4 is 10.1 Å². The zero-order valence-electron chi connectivity index (χ0n) is 12.4. The molecule has 2 aliphatic rings. The van der Waals surface area contributed by atoms with Crippen LogP contribution in [0.5, 0.6) is 5.75 Å². The number of methoxy groups -OCH3 is 1. The highest BCUT2D eigenvalue weighted by molar-refractivity contribution is 5.30. The van der Waals surface area contributed by atoms with Crippen molar-refractivity contribution in [3.63, 3.8) is 0 Å². The van der Waals surface area contributed by atoms with E-state index in [2.05, 4.69) is 17.4 Å². The lowest BCUT2D eigenvalue weighted by molar-refractivity contribution is 0.414. The second-order valence-electron chi connectivity index (χ2n) is 5.91. The van der Waals surface area contributed by atoms with Crippen LogP contribution in [-0.4, -0.2) is 19.7 Å². The van der Waals surface area contributed by atoms with Gasteiger partial charge in [0.1, 0.15) is 11.6 Å². The molecule has 1 aliphatic carbocycles. The number of hydrogen-bond donors (Lipinski definition) is 1. The van der Waals surface area contributed by atoms with Crippen LogP contribution in [0.15, 0.2) is 48.3 Å². The lowest BCUT2D eigenvalue weighted by Gasteiger charge is -2.19. The molecule has 2 nitrogen and oxygen atoms in total. The zero-order chi connectivity index (χ0) is 14.7. The van der Waals surface area contributed by atoms with Gasteiger partial charge in [-0.25, -0.2) is 4.39 Å². The Morgan fingerprint density at radius 3 is 2.81 bits per heavy atom. The largest absolute Gasteiger partial charge is 0.497 e. The second kappa shape index (κ2) is 6.44. The average Bonchev–Trinajstić information content (AvgIpc) is 2.91. The van der Waals surface area contributed by atoms with Gasteiger partial charge in [-0.2, -0.15) is 0 Å². The third-order valence-corrected chi connectivity index (χ3v) is 4.61. The molecule has 0 spiro atoms. The molecular weight excluding hydrogens is 265 g/mol. The molecule has 1 heterocycles. The fraction of sp³-hybridized carbons (Fsp3) is 0.444. The van der Waals surface area contributed by atoms with E-state index in [1.165, 1.54) is 5.56 Å². The summed E-state index contributed by atoms with van der Waals surface area (Å²) in [5.41, 5.74) is 1.35. The highest BCUT2D eigenvalue weighted by Crippen LogP contribution is 2.32. The summed E-state index contributed by atoms with van der Waals surface area (Å²) in [6.45, 7) is 0.997. The Morgan fingerprint density at radius 1 is 1.24 bits per heavy atom. The first kappa shape index (κ1) is 14.3. The Morgan fingerprint density at radius 2 is 2.05 bits per heavy atom. The predicted molar refractivity (Wildman–Crippen MR) is 83.2 cm³/mol. The summed E-state index contributed by atoms with van der Waals surface area (Å²) in [4.78, 5) is 0. The van der Waals surface area contributed by atoms with Crippen molar-refractivity contribution in [2.45, 2.75) is 31.2 Å². The van der Waals surface area contributed by atoms with Crippen molar-refractivity contribution >= 4 is 0 Å². The van der Waals surface area contributed by atoms with Crippen LogP contribution in [0.1, 0.15) is 30.7 Å². The Bertz CT molecular complexity index is 535. The van der Waals surface area contributed by atoms with Crippen molar-refractivity contribution in [3.8, 4) is 5.75 Å². The van der Waals surface area contributed by atoms with E-state index >= 15 is 0 Å². The predicted octanol–water partition coefficient (Wildman–Crippen LogP) is 3.96. The smallest absolute Gasteiger partial charge is 0.118 e. The van der Waals surface area contributed by atoms with Gasteiger partial charge in [0.15, 0.2) is 0 Å². The number of allylic oxidation sites excluding steroid dienone is 3. The number of hydrogen-bond acceptors (Lipinski definition) is 2. The highest BCUT2D eigenvalue weighted by atomic mass is 19.1. The fourth-order valence-corrected chi connectivity index (χ4v) is 3.35. The van der Waals surface area contributed by atoms with E-state index in [0.29, 0.717) is 17.9 Å². The van der Waals surface area contributed by atoms with E-state index in [-0.39, 0.29) is 5.83 Å². The van der Waals surface area contributed by atoms with E-state index in [9.17, 15) is 4.39 Å². The molecule has 1 aromatic rings. The molecular formula is C18H22FNO. The van der Waals surface area contributed by atoms with E-state index in [1.807, 2.05) is 18.2 Å². The first-order valence-corrected chi connectivity index (χ1v) is 7.67. The summed E-state index contributed by atoms with van der Waals surface area (Å²) < 4.78 is 18.5. The maximum Gasteiger partial charge on any atom is 0.118 e. The van der Waals surface area contributed by atoms with Crippen LogP contribution >= 0.6 is 0 Å². The molecule has 3 unspecified atom stereocenters. The molecule has 0 bridgehead atoms. The van der Waals surface area contributed by atoms with Crippen LogP contribution in [0.2, 0.25) is 0 Å². The van der Waals surface area contributed by atoms with Gasteiger partial charge in [-0.3, -0.25) is 0 Å². The zero-order valence-corrected chi connectivity index (χ0v) is 12.4. The molecule has 112 valence electrons. The van der Waals surface area contributed by atoms with Crippen molar-refractivity contribution in [3.05, 3.63) is 53.9 Å². The molecule has 0 saturated carbocycles. The third kappa shape index (κ3) is 3.35. The number of benzene rings is 1. The lowest BCUT2D eigenvalue weighted by atomic mass is 9.89. The highest BCUT2D eigenvalue weighted by Gasteiger charge is 2.30. The van der Waals surface area contributed by atoms with Crippen LogP contribution in [-0.2, 0) is 0 Å². The number of ether oxygens (including phenoxy) is 1. The monoisotopic (exact) mass is 287 g/mol. The normalized spacial score (nSPS) is 29.0. The summed E-state index contributed by atoms with van der Waals surface area (Å²) in [7, 11) is 1.69. The molecule has 3 heteroatoms. The summed E-state index contributed by atoms with van der Waals surface area (Å²) in [6, 6.07) is 8.80. The van der Waals surface area contributed by atoms with Gasteiger partial charge in [0.25, 0.3) is 0 Å². The Kier molecular flexibility index (Phi) is 4.39. The van der Waals surface area contributed by atoms with Crippen LogP contribution in [0.4, 0.5) is 4.39 Å². The van der Waals surface area contributed by atoms with Gasteiger partial charge < -0.3 is 10.1 Å². The van der Waals surface area contributed by atoms with E-state index in [0.717, 1.165) is 31.6 Å². The molecule has 0 aromatic heterocycles. The number of nitrogens with one attached hydrogen (secondary N) is 1. The standard InChI is InChI=1S/C18H22FNO/c1-21-17-9-6-13(7-10-17)15-11-18(20-12-15)14-3-2-4-16(19)8-5-14/h4-10,14-15,18,20H,2-3,11-12H2,1H3. The van der Waals surface area contributed by atoms with Gasteiger partial charge in [0.2, 0.25) is 0 Å². The van der Waals surface area contributed by atoms with Crippen LogP contribution in [0.3, 0.4) is 0 Å². The molecule has 1 saturated heterocycles. The Balaban J connectivity index is 1.63. The molecule has 3 atom stereocenters. The van der Waals surface area contributed by atoms with Gasteiger partial charge in [0.05, 0.1) is 7.11 Å². The second-order valence-corrected chi connectivity index (χ2v) is 5.91. The van der Waals surface area contributed by atoms with Crippen molar-refractivity contribution in [2.75, 3.05) is 13.7 Å². The van der Waals surface area contributed by atoms with Crippen molar-refractivity contribution < 1.29 is 9.13 Å². The van der Waals surface area contributed by atoms with E-state index in [4.69, 9.17) is 4.74 Å². The van der Waals surface area contributed by atoms with E-state index < -0.39 is 0 Å². The first-order chi connectivity index (χ1) is 10.3. The summed E-state index contributed by atoms with van der Waals surface area (Å²) >= 11 is 0. The first-order valence-electron chi connectivity index (χ1n) is 7.67. The fourth-order valence-electron chi connectivity index (χ4n) is 3.35. The SMILES string of the molecule is COc1ccc(C2CNC(C3C=CC(F)=CCC3)C2)cc1. The lowest BCUT2D eigenvalue weighted by Crippen LogP contribution is -2.29. The quantitative estimate of drug-likeness (QED) is 0.908. The molecule has 1 fully saturated rings. The maximum absolute atomic E-state index is 13.3. The number of rotatable bonds is 3. The van der Waals surface area contributed by atoms with Crippen molar-refractivity contribution in [2.24, 2.45) is 5.92 Å². The van der Waals surface area contributed by atoms with Gasteiger partial charge >= 0.3 is 0 Å².